The Hall–Kier alpha value is -2.26. The second-order valence-electron chi connectivity index (χ2n) is 5.21. The minimum atomic E-state index is -1.42. The number of carbonyl (C=O) groups is 2. The minimum absolute atomic E-state index is 0.0324. The Bertz CT molecular complexity index is 605. The molecule has 0 amide bonds. The van der Waals surface area contributed by atoms with Gasteiger partial charge in [-0.2, -0.15) is 4.79 Å². The van der Waals surface area contributed by atoms with E-state index in [9.17, 15) is 9.59 Å². The number of benzene rings is 1. The molecule has 1 fully saturated rings. The summed E-state index contributed by atoms with van der Waals surface area (Å²) >= 11 is 0. The van der Waals surface area contributed by atoms with Gasteiger partial charge in [-0.1, -0.05) is 37.3 Å². The minimum Gasteiger partial charge on any atom is -0.465 e. The molecule has 1 aliphatic rings. The van der Waals surface area contributed by atoms with E-state index in [1.807, 2.05) is 13.0 Å². The Balaban J connectivity index is 2.67. The van der Waals surface area contributed by atoms with Crippen molar-refractivity contribution in [1.82, 2.24) is 0 Å². The number of hydrogen-bond acceptors (Lipinski definition) is 3. The number of ketones is 1. The number of hydrogen-bond donors (Lipinski definition) is 0. The zero-order valence-electron chi connectivity index (χ0n) is 12.2. The number of Topliss-reactive ketones (excluding diaryl/α,β-unsaturated/α-hetero) is 1. The molecule has 2 atom stereocenters. The third-order valence-corrected chi connectivity index (χ3v) is 4.12. The molecule has 5 heteroatoms. The second kappa shape index (κ2) is 6.02. The second-order valence-corrected chi connectivity index (χ2v) is 5.21. The smallest absolute Gasteiger partial charge is 0.336 e. The van der Waals surface area contributed by atoms with Crippen molar-refractivity contribution in [2.75, 3.05) is 6.61 Å². The molecule has 0 heterocycles. The first-order chi connectivity index (χ1) is 10.1. The monoisotopic (exact) mass is 286 g/mol. The normalized spacial score (nSPS) is 25.3. The van der Waals surface area contributed by atoms with Crippen LogP contribution in [0.2, 0.25) is 0 Å². The maximum absolute atomic E-state index is 12.8. The number of esters is 1. The van der Waals surface area contributed by atoms with E-state index >= 15 is 0 Å². The highest BCUT2D eigenvalue weighted by Crippen LogP contribution is 2.41. The summed E-state index contributed by atoms with van der Waals surface area (Å²) in [5, 5.41) is 0. The zero-order chi connectivity index (χ0) is 15.5. The Morgan fingerprint density at radius 1 is 1.43 bits per heavy atom. The first-order valence-corrected chi connectivity index (χ1v) is 7.07. The first-order valence-electron chi connectivity index (χ1n) is 7.07. The molecule has 1 saturated carbocycles. The molecule has 0 bridgehead atoms. The van der Waals surface area contributed by atoms with E-state index in [0.717, 1.165) is 0 Å². The zero-order valence-corrected chi connectivity index (χ0v) is 12.2. The lowest BCUT2D eigenvalue weighted by Gasteiger charge is -2.37. The molecule has 1 aromatic carbocycles. The van der Waals surface area contributed by atoms with Crippen LogP contribution >= 0.6 is 0 Å². The maximum Gasteiger partial charge on any atom is 0.336 e. The molecule has 1 aliphatic carbocycles. The van der Waals surface area contributed by atoms with E-state index in [-0.39, 0.29) is 18.2 Å². The summed E-state index contributed by atoms with van der Waals surface area (Å²) in [5.74, 6) is -1.26. The molecule has 0 N–H and O–H groups in total. The highest BCUT2D eigenvalue weighted by molar-refractivity contribution is 6.45. The average Bonchev–Trinajstić information content (AvgIpc) is 2.49. The number of rotatable bonds is 3. The van der Waals surface area contributed by atoms with Gasteiger partial charge >= 0.3 is 11.7 Å². The van der Waals surface area contributed by atoms with Crippen molar-refractivity contribution >= 4 is 17.5 Å². The fraction of sp³-hybridized carbons (Fsp3) is 0.438. The molecule has 0 saturated heterocycles. The van der Waals surface area contributed by atoms with Crippen LogP contribution in [0.5, 0.6) is 0 Å². The van der Waals surface area contributed by atoms with Crippen molar-refractivity contribution in [2.24, 2.45) is 5.92 Å². The average molecular weight is 286 g/mol. The topological polar surface area (TPSA) is 79.8 Å². The molecule has 2 unspecified atom stereocenters. The van der Waals surface area contributed by atoms with E-state index in [2.05, 4.69) is 4.79 Å². The van der Waals surface area contributed by atoms with Gasteiger partial charge in [-0.05, 0) is 24.8 Å². The van der Waals surface area contributed by atoms with Crippen LogP contribution < -0.4 is 0 Å². The van der Waals surface area contributed by atoms with Crippen molar-refractivity contribution < 1.29 is 19.1 Å². The predicted molar refractivity (Wildman–Crippen MR) is 76.8 cm³/mol. The first kappa shape index (κ1) is 15.1. The van der Waals surface area contributed by atoms with Gasteiger partial charge in [0.25, 0.3) is 5.78 Å². The lowest BCUT2D eigenvalue weighted by atomic mass is 9.61. The van der Waals surface area contributed by atoms with Gasteiger partial charge in [-0.15, -0.1) is 0 Å². The van der Waals surface area contributed by atoms with Crippen LogP contribution in [0.4, 0.5) is 0 Å². The molecule has 5 nitrogen and oxygen atoms in total. The van der Waals surface area contributed by atoms with Gasteiger partial charge in [-0.3, -0.25) is 9.59 Å². The summed E-state index contributed by atoms with van der Waals surface area (Å²) in [5.41, 5.74) is 8.25. The van der Waals surface area contributed by atoms with Crippen molar-refractivity contribution in [1.29, 1.82) is 0 Å². The molecular formula is C16H18N2O3. The quantitative estimate of drug-likeness (QED) is 0.369. The summed E-state index contributed by atoms with van der Waals surface area (Å²) in [7, 11) is 0. The molecule has 0 spiro atoms. The highest BCUT2D eigenvalue weighted by atomic mass is 16.5. The van der Waals surface area contributed by atoms with E-state index < -0.39 is 17.2 Å². The summed E-state index contributed by atoms with van der Waals surface area (Å²) in [4.78, 5) is 28.5. The van der Waals surface area contributed by atoms with E-state index in [1.54, 1.807) is 31.2 Å². The van der Waals surface area contributed by atoms with Gasteiger partial charge in [0, 0.05) is 0 Å². The Morgan fingerprint density at radius 3 is 2.67 bits per heavy atom. The fourth-order valence-electron chi connectivity index (χ4n) is 3.00. The predicted octanol–water partition coefficient (Wildman–Crippen LogP) is 2.16. The Kier molecular flexibility index (Phi) is 4.34. The Morgan fingerprint density at radius 2 is 2.10 bits per heavy atom. The molecular weight excluding hydrogens is 268 g/mol. The molecule has 1 aromatic rings. The summed E-state index contributed by atoms with van der Waals surface area (Å²) in [6, 6.07) is 8.86. The maximum atomic E-state index is 12.8. The molecule has 110 valence electrons. The van der Waals surface area contributed by atoms with Crippen LogP contribution in [-0.4, -0.2) is 28.9 Å². The van der Waals surface area contributed by atoms with Gasteiger partial charge in [0.05, 0.1) is 13.0 Å². The van der Waals surface area contributed by atoms with Crippen LogP contribution in [0.3, 0.4) is 0 Å². The van der Waals surface area contributed by atoms with Gasteiger partial charge in [0.15, 0.2) is 5.41 Å². The van der Waals surface area contributed by atoms with Crippen LogP contribution in [0, 0.1) is 5.92 Å². The molecule has 0 radical (unpaired) electrons. The highest BCUT2D eigenvalue weighted by Gasteiger charge is 2.59. The summed E-state index contributed by atoms with van der Waals surface area (Å²) < 4.78 is 5.18. The fourth-order valence-corrected chi connectivity index (χ4v) is 3.00. The summed E-state index contributed by atoms with van der Waals surface area (Å²) in [6.07, 6.45) is 0.948. The van der Waals surface area contributed by atoms with Gasteiger partial charge < -0.3 is 10.3 Å². The van der Waals surface area contributed by atoms with Crippen molar-refractivity contribution in [2.45, 2.75) is 32.1 Å². The molecule has 0 aliphatic heterocycles. The van der Waals surface area contributed by atoms with Gasteiger partial charge in [0.1, 0.15) is 0 Å². The SMILES string of the molecule is CCOC(=O)C1(c2ccccc2)C(=O)C(=[N+]=[N-])CCC1C. The molecule has 0 aromatic heterocycles. The molecule has 2 rings (SSSR count). The van der Waals surface area contributed by atoms with Crippen molar-refractivity contribution in [3.8, 4) is 0 Å². The largest absolute Gasteiger partial charge is 0.465 e. The Labute approximate surface area is 123 Å². The van der Waals surface area contributed by atoms with E-state index in [0.29, 0.717) is 18.4 Å². The van der Waals surface area contributed by atoms with Crippen LogP contribution in [0.15, 0.2) is 30.3 Å². The van der Waals surface area contributed by atoms with Crippen LogP contribution in [0.1, 0.15) is 32.3 Å². The van der Waals surface area contributed by atoms with E-state index in [1.165, 1.54) is 0 Å². The number of carbonyl (C=O) groups excluding carboxylic acids is 2. The summed E-state index contributed by atoms with van der Waals surface area (Å²) in [6.45, 7) is 3.75. The van der Waals surface area contributed by atoms with Gasteiger partial charge in [0.2, 0.25) is 0 Å². The van der Waals surface area contributed by atoms with Crippen LogP contribution in [0.25, 0.3) is 5.53 Å². The van der Waals surface area contributed by atoms with Crippen molar-refractivity contribution in [3.63, 3.8) is 0 Å². The third-order valence-electron chi connectivity index (χ3n) is 4.12. The lowest BCUT2D eigenvalue weighted by molar-refractivity contribution is -0.157. The third kappa shape index (κ3) is 2.30. The van der Waals surface area contributed by atoms with Crippen LogP contribution in [-0.2, 0) is 19.7 Å². The van der Waals surface area contributed by atoms with Crippen molar-refractivity contribution in [3.05, 3.63) is 41.4 Å². The molecule has 21 heavy (non-hydrogen) atoms. The lowest BCUT2D eigenvalue weighted by Crippen LogP contribution is -2.55. The standard InChI is InChI=1S/C16H18N2O3/c1-3-21-15(20)16(12-7-5-4-6-8-12)11(2)9-10-13(18-17)14(16)19/h4-8,11H,3,9-10H2,1-2H3. The van der Waals surface area contributed by atoms with E-state index in [4.69, 9.17) is 10.3 Å². The van der Waals surface area contributed by atoms with Gasteiger partial charge in [-0.25, -0.2) is 0 Å². The number of nitrogens with zero attached hydrogens (tertiary/aromatic N) is 2. The number of ether oxygens (including phenoxy) is 1.